The summed E-state index contributed by atoms with van der Waals surface area (Å²) in [5, 5.41) is 10.5. The molecule has 1 aliphatic heterocycles. The Hall–Kier alpha value is -3.61. The van der Waals surface area contributed by atoms with Crippen molar-refractivity contribution in [2.24, 2.45) is 11.5 Å². The molecule has 12 heteroatoms. The lowest BCUT2D eigenvalue weighted by Gasteiger charge is -2.36. The van der Waals surface area contributed by atoms with Gasteiger partial charge in [-0.25, -0.2) is 9.52 Å². The number of nitrogens with two attached hydrogens (primary N) is 2. The molecule has 11 nitrogen and oxygen atoms in total. The number of nitrogens with zero attached hydrogens (tertiary/aromatic N) is 2. The SMILES string of the molecule is CCOC(=O)N1CCN(C(=O)[C@H](Cc2cccc(C(=N)N)c2)NSc2cccc(NC(=O)CCN)c2)CC1. The lowest BCUT2D eigenvalue weighted by molar-refractivity contribution is -0.134. The molecule has 7 N–H and O–H groups in total. The minimum Gasteiger partial charge on any atom is -0.450 e. The van der Waals surface area contributed by atoms with E-state index >= 15 is 0 Å². The zero-order chi connectivity index (χ0) is 27.5. The summed E-state index contributed by atoms with van der Waals surface area (Å²) in [6, 6.07) is 14.0. The number of carbonyl (C=O) groups is 3. The third-order valence-corrected chi connectivity index (χ3v) is 6.79. The Balaban J connectivity index is 1.72. The summed E-state index contributed by atoms with van der Waals surface area (Å²) in [4.78, 5) is 41.7. The first-order valence-electron chi connectivity index (χ1n) is 12.5. The van der Waals surface area contributed by atoms with E-state index in [9.17, 15) is 14.4 Å². The molecule has 0 saturated carbocycles. The second-order valence-corrected chi connectivity index (χ2v) is 9.63. The van der Waals surface area contributed by atoms with Crippen molar-refractivity contribution in [3.63, 3.8) is 0 Å². The van der Waals surface area contributed by atoms with Gasteiger partial charge in [0.25, 0.3) is 0 Å². The molecule has 1 atom stereocenters. The number of hydrogen-bond acceptors (Lipinski definition) is 8. The Morgan fingerprint density at radius 3 is 2.47 bits per heavy atom. The lowest BCUT2D eigenvalue weighted by Crippen LogP contribution is -2.55. The van der Waals surface area contributed by atoms with Gasteiger partial charge in [0.05, 0.1) is 6.61 Å². The number of piperazine rings is 1. The summed E-state index contributed by atoms with van der Waals surface area (Å²) in [6.07, 6.45) is 0.233. The third kappa shape index (κ3) is 8.47. The highest BCUT2D eigenvalue weighted by Gasteiger charge is 2.30. The quantitative estimate of drug-likeness (QED) is 0.163. The number of ether oxygens (including phenoxy) is 1. The van der Waals surface area contributed by atoms with Gasteiger partial charge in [-0.3, -0.25) is 15.0 Å². The van der Waals surface area contributed by atoms with Crippen LogP contribution >= 0.6 is 11.9 Å². The van der Waals surface area contributed by atoms with Crippen LogP contribution in [0.3, 0.4) is 0 Å². The van der Waals surface area contributed by atoms with Crippen molar-refractivity contribution < 1.29 is 19.1 Å². The Labute approximate surface area is 226 Å². The smallest absolute Gasteiger partial charge is 0.409 e. The fourth-order valence-electron chi connectivity index (χ4n) is 3.96. The maximum Gasteiger partial charge on any atom is 0.409 e. The number of anilines is 1. The predicted molar refractivity (Wildman–Crippen MR) is 148 cm³/mol. The van der Waals surface area contributed by atoms with E-state index < -0.39 is 6.04 Å². The standard InChI is InChI=1S/C26H35N7O4S/c1-2-37-26(36)33-13-11-32(12-14-33)25(35)22(16-18-5-3-6-19(15-18)24(28)29)31-38-21-8-4-7-20(17-21)30-23(34)9-10-27/h3-8,15,17,22,31H,2,9-14,16,27H2,1H3,(H3,28,29)(H,30,34)/t22-/m0/s1. The number of nitrogen functional groups attached to an aromatic ring is 1. The highest BCUT2D eigenvalue weighted by molar-refractivity contribution is 7.97. The molecule has 1 fully saturated rings. The van der Waals surface area contributed by atoms with Crippen LogP contribution in [-0.4, -0.2) is 78.9 Å². The molecule has 2 aromatic carbocycles. The molecule has 1 aliphatic rings. The highest BCUT2D eigenvalue weighted by Crippen LogP contribution is 2.22. The summed E-state index contributed by atoms with van der Waals surface area (Å²) in [7, 11) is 0. The molecule has 0 aliphatic carbocycles. The summed E-state index contributed by atoms with van der Waals surface area (Å²) in [5.74, 6) is -0.301. The average molecular weight is 542 g/mol. The van der Waals surface area contributed by atoms with Gasteiger partial charge in [0.1, 0.15) is 11.9 Å². The molecule has 38 heavy (non-hydrogen) atoms. The van der Waals surface area contributed by atoms with Crippen LogP contribution in [0.4, 0.5) is 10.5 Å². The summed E-state index contributed by atoms with van der Waals surface area (Å²) in [5.41, 5.74) is 13.2. The van der Waals surface area contributed by atoms with Crippen LogP contribution in [0, 0.1) is 5.41 Å². The van der Waals surface area contributed by atoms with Crippen LogP contribution in [0.5, 0.6) is 0 Å². The summed E-state index contributed by atoms with van der Waals surface area (Å²) in [6.45, 7) is 3.93. The molecule has 1 heterocycles. The van der Waals surface area contributed by atoms with Gasteiger partial charge in [0.15, 0.2) is 0 Å². The fraction of sp³-hybridized carbons (Fsp3) is 0.385. The highest BCUT2D eigenvalue weighted by atomic mass is 32.2. The van der Waals surface area contributed by atoms with Crippen molar-refractivity contribution in [2.75, 3.05) is 44.6 Å². The van der Waals surface area contributed by atoms with Crippen molar-refractivity contribution in [3.05, 3.63) is 59.7 Å². The van der Waals surface area contributed by atoms with Crippen LogP contribution in [0.25, 0.3) is 0 Å². The first-order valence-corrected chi connectivity index (χ1v) is 13.3. The van der Waals surface area contributed by atoms with Crippen LogP contribution in [-0.2, 0) is 20.7 Å². The number of carbonyl (C=O) groups excluding carboxylic acids is 3. The topological polar surface area (TPSA) is 167 Å². The molecule has 3 amide bonds. The van der Waals surface area contributed by atoms with Gasteiger partial charge in [-0.2, -0.15) is 0 Å². The van der Waals surface area contributed by atoms with Crippen LogP contribution < -0.4 is 21.5 Å². The number of benzene rings is 2. The molecular formula is C26H35N7O4S. The van der Waals surface area contributed by atoms with E-state index in [0.29, 0.717) is 50.5 Å². The molecule has 2 aromatic rings. The van der Waals surface area contributed by atoms with E-state index in [1.165, 1.54) is 11.9 Å². The van der Waals surface area contributed by atoms with Crippen molar-refractivity contribution in [1.29, 1.82) is 5.41 Å². The predicted octanol–water partition coefficient (Wildman–Crippen LogP) is 1.77. The number of amidine groups is 1. The molecule has 0 unspecified atom stereocenters. The van der Waals surface area contributed by atoms with Crippen molar-refractivity contribution >= 4 is 41.4 Å². The largest absolute Gasteiger partial charge is 0.450 e. The van der Waals surface area contributed by atoms with E-state index in [1.54, 1.807) is 34.9 Å². The maximum absolute atomic E-state index is 13.6. The Kier molecular flexibility index (Phi) is 10.9. The normalized spacial score (nSPS) is 14.1. The number of rotatable bonds is 11. The van der Waals surface area contributed by atoms with Crippen LogP contribution in [0.15, 0.2) is 53.4 Å². The second-order valence-electron chi connectivity index (χ2n) is 8.72. The number of hydrogen-bond donors (Lipinski definition) is 5. The molecular weight excluding hydrogens is 506 g/mol. The zero-order valence-electron chi connectivity index (χ0n) is 21.4. The summed E-state index contributed by atoms with van der Waals surface area (Å²) < 4.78 is 8.37. The maximum atomic E-state index is 13.6. The van der Waals surface area contributed by atoms with Crippen molar-refractivity contribution in [2.45, 2.75) is 30.7 Å². The Morgan fingerprint density at radius 2 is 1.79 bits per heavy atom. The van der Waals surface area contributed by atoms with Gasteiger partial charge in [0.2, 0.25) is 11.8 Å². The first-order chi connectivity index (χ1) is 18.3. The monoisotopic (exact) mass is 541 g/mol. The minimum atomic E-state index is -0.591. The van der Waals surface area contributed by atoms with Gasteiger partial charge in [-0.1, -0.05) is 24.3 Å². The van der Waals surface area contributed by atoms with Crippen molar-refractivity contribution in [3.8, 4) is 0 Å². The fourth-order valence-corrected chi connectivity index (χ4v) is 4.75. The molecule has 0 aromatic heterocycles. The van der Waals surface area contributed by atoms with Gasteiger partial charge in [-0.15, -0.1) is 0 Å². The summed E-state index contributed by atoms with van der Waals surface area (Å²) >= 11 is 1.29. The van der Waals surface area contributed by atoms with E-state index in [1.807, 2.05) is 30.3 Å². The molecule has 0 bridgehead atoms. The van der Waals surface area contributed by atoms with Gasteiger partial charge < -0.3 is 31.3 Å². The Morgan fingerprint density at radius 1 is 1.08 bits per heavy atom. The van der Waals surface area contributed by atoms with Crippen LogP contribution in [0.1, 0.15) is 24.5 Å². The van der Waals surface area contributed by atoms with Gasteiger partial charge in [0, 0.05) is 55.3 Å². The number of nitrogens with one attached hydrogen (secondary N) is 3. The second kappa shape index (κ2) is 14.4. The van der Waals surface area contributed by atoms with E-state index in [2.05, 4.69) is 10.0 Å². The van der Waals surface area contributed by atoms with Crippen LogP contribution in [0.2, 0.25) is 0 Å². The first kappa shape index (κ1) is 29.0. The van der Waals surface area contributed by atoms with E-state index in [0.717, 1.165) is 10.5 Å². The lowest BCUT2D eigenvalue weighted by atomic mass is 10.0. The third-order valence-electron chi connectivity index (χ3n) is 5.90. The average Bonchev–Trinajstić information content (AvgIpc) is 2.91. The zero-order valence-corrected chi connectivity index (χ0v) is 22.3. The van der Waals surface area contributed by atoms with E-state index in [-0.39, 0.29) is 36.7 Å². The van der Waals surface area contributed by atoms with Crippen molar-refractivity contribution in [1.82, 2.24) is 14.5 Å². The van der Waals surface area contributed by atoms with Gasteiger partial charge >= 0.3 is 6.09 Å². The molecule has 0 spiro atoms. The van der Waals surface area contributed by atoms with Gasteiger partial charge in [-0.05, 0) is 55.1 Å². The number of amides is 3. The molecule has 0 radical (unpaired) electrons. The minimum absolute atomic E-state index is 0.0411. The molecule has 204 valence electrons. The van der Waals surface area contributed by atoms with E-state index in [4.69, 9.17) is 21.6 Å². The molecule has 3 rings (SSSR count). The Bertz CT molecular complexity index is 1140. The molecule has 1 saturated heterocycles.